The summed E-state index contributed by atoms with van der Waals surface area (Å²) in [4.78, 5) is 20.5. The first kappa shape index (κ1) is 31.6. The Morgan fingerprint density at radius 2 is 1.79 bits per heavy atom. The fourth-order valence-corrected chi connectivity index (χ4v) is 6.09. The molecule has 2 aromatic heterocycles. The quantitative estimate of drug-likeness (QED) is 0.228. The summed E-state index contributed by atoms with van der Waals surface area (Å²) >= 11 is 8.09. The van der Waals surface area contributed by atoms with Crippen LogP contribution in [-0.4, -0.2) is 21.7 Å². The number of aryl methyl sites for hydroxylation is 3. The number of aliphatic carboxylic acids is 1. The van der Waals surface area contributed by atoms with Gasteiger partial charge >= 0.3 is 29.6 Å². The molecule has 0 spiro atoms. The molecule has 0 saturated carbocycles. The first-order valence-corrected chi connectivity index (χ1v) is 14.6. The number of carbonyl (C=O) groups is 1. The number of hydrogen-bond acceptors (Lipinski definition) is 5. The number of fused-ring (bicyclic) bond motifs is 1. The van der Waals surface area contributed by atoms with Crippen LogP contribution >= 0.6 is 23.4 Å². The topological polar surface area (TPSA) is 65.9 Å². The summed E-state index contributed by atoms with van der Waals surface area (Å²) in [5, 5.41) is 13.3. The van der Waals surface area contributed by atoms with Crippen molar-refractivity contribution in [3.63, 3.8) is 0 Å². The standard InChI is InChI=1S/C32H35ClN2O2S.Na/c1-32(2,22-31(36)37)17-15-30(38-19-16-27-8-3-4-18-34-27)25-7-5-6-23(20-25)9-13-28-14-11-24-10-12-26(33)21-29(24)35-28;/h3-8,10-12,14,18,20-21,30H,9,13,15-17,19,22H2,1-2H3,(H,36,37);/q;+1/p-1/t30-;/m0./s1. The summed E-state index contributed by atoms with van der Waals surface area (Å²) < 4.78 is 0. The van der Waals surface area contributed by atoms with Crippen molar-refractivity contribution in [3.8, 4) is 0 Å². The van der Waals surface area contributed by atoms with Gasteiger partial charge in [-0.1, -0.05) is 67.9 Å². The minimum atomic E-state index is -0.985. The van der Waals surface area contributed by atoms with E-state index < -0.39 is 5.97 Å². The first-order chi connectivity index (χ1) is 18.3. The molecule has 0 bridgehead atoms. The van der Waals surface area contributed by atoms with Crippen LogP contribution in [0.3, 0.4) is 0 Å². The number of benzene rings is 2. The fraction of sp³-hybridized carbons (Fsp3) is 0.344. The van der Waals surface area contributed by atoms with Gasteiger partial charge in [0.2, 0.25) is 0 Å². The summed E-state index contributed by atoms with van der Waals surface area (Å²) in [6, 6.07) is 24.8. The van der Waals surface area contributed by atoms with Crippen LogP contribution in [0.4, 0.5) is 0 Å². The molecule has 7 heteroatoms. The van der Waals surface area contributed by atoms with Crippen LogP contribution in [0.5, 0.6) is 0 Å². The largest absolute Gasteiger partial charge is 1.00 e. The molecule has 0 aliphatic heterocycles. The number of aromatic nitrogens is 2. The summed E-state index contributed by atoms with van der Waals surface area (Å²) in [7, 11) is 0. The third-order valence-corrected chi connectivity index (χ3v) is 8.40. The predicted molar refractivity (Wildman–Crippen MR) is 156 cm³/mol. The minimum absolute atomic E-state index is 0. The van der Waals surface area contributed by atoms with Crippen LogP contribution in [0.1, 0.15) is 60.9 Å². The Labute approximate surface area is 263 Å². The van der Waals surface area contributed by atoms with Crippen molar-refractivity contribution in [3.05, 3.63) is 107 Å². The number of thioether (sulfide) groups is 1. The molecule has 4 rings (SSSR count). The Morgan fingerprint density at radius 3 is 2.56 bits per heavy atom. The van der Waals surface area contributed by atoms with Gasteiger partial charge in [0.15, 0.2) is 0 Å². The molecule has 4 aromatic rings. The van der Waals surface area contributed by atoms with E-state index in [9.17, 15) is 9.90 Å². The second-order valence-electron chi connectivity index (χ2n) is 10.6. The van der Waals surface area contributed by atoms with Gasteiger partial charge in [-0.25, -0.2) is 0 Å². The van der Waals surface area contributed by atoms with Gasteiger partial charge < -0.3 is 9.90 Å². The maximum Gasteiger partial charge on any atom is 1.00 e. The van der Waals surface area contributed by atoms with E-state index in [1.807, 2.05) is 62.1 Å². The maximum absolute atomic E-state index is 11.2. The molecule has 0 amide bonds. The molecular weight excluding hydrogens is 535 g/mol. The summed E-state index contributed by atoms with van der Waals surface area (Å²) in [5.74, 6) is -0.0305. The van der Waals surface area contributed by atoms with Crippen molar-refractivity contribution in [1.29, 1.82) is 0 Å². The van der Waals surface area contributed by atoms with E-state index in [1.165, 1.54) is 11.1 Å². The van der Waals surface area contributed by atoms with Crippen molar-refractivity contribution in [2.75, 3.05) is 5.75 Å². The smallest absolute Gasteiger partial charge is 0.550 e. The molecule has 0 radical (unpaired) electrons. The van der Waals surface area contributed by atoms with E-state index in [1.54, 1.807) is 0 Å². The maximum atomic E-state index is 11.2. The van der Waals surface area contributed by atoms with Crippen LogP contribution in [0.25, 0.3) is 10.9 Å². The Kier molecular flexibility index (Phi) is 12.3. The Bertz CT molecular complexity index is 1370. The number of carbonyl (C=O) groups excluding carboxylic acids is 1. The van der Waals surface area contributed by atoms with Gasteiger partial charge in [0.25, 0.3) is 0 Å². The van der Waals surface area contributed by atoms with E-state index in [0.717, 1.165) is 60.1 Å². The summed E-state index contributed by atoms with van der Waals surface area (Å²) in [5.41, 5.74) is 5.33. The van der Waals surface area contributed by atoms with Crippen LogP contribution in [0.15, 0.2) is 79.0 Å². The van der Waals surface area contributed by atoms with Gasteiger partial charge in [-0.05, 0) is 91.2 Å². The van der Waals surface area contributed by atoms with Gasteiger partial charge in [0.1, 0.15) is 0 Å². The van der Waals surface area contributed by atoms with Gasteiger partial charge in [-0.3, -0.25) is 9.97 Å². The van der Waals surface area contributed by atoms with E-state index >= 15 is 0 Å². The Balaban J connectivity index is 0.00000420. The number of pyridine rings is 2. The first-order valence-electron chi connectivity index (χ1n) is 13.1. The molecule has 1 atom stereocenters. The fourth-order valence-electron chi connectivity index (χ4n) is 4.69. The van der Waals surface area contributed by atoms with Gasteiger partial charge in [0.05, 0.1) is 5.52 Å². The Morgan fingerprint density at radius 1 is 0.974 bits per heavy atom. The summed E-state index contributed by atoms with van der Waals surface area (Å²) in [6.07, 6.45) is 6.28. The van der Waals surface area contributed by atoms with Crippen molar-refractivity contribution in [1.82, 2.24) is 9.97 Å². The molecule has 198 valence electrons. The molecule has 0 aliphatic carbocycles. The molecule has 0 unspecified atom stereocenters. The van der Waals surface area contributed by atoms with Crippen LogP contribution in [-0.2, 0) is 24.1 Å². The third-order valence-electron chi connectivity index (χ3n) is 6.81. The molecule has 0 saturated heterocycles. The van der Waals surface area contributed by atoms with Gasteiger partial charge in [-0.15, -0.1) is 0 Å². The molecule has 0 N–H and O–H groups in total. The van der Waals surface area contributed by atoms with E-state index in [4.69, 9.17) is 16.6 Å². The van der Waals surface area contributed by atoms with Gasteiger partial charge in [0, 0.05) is 39.2 Å². The molecule has 4 nitrogen and oxygen atoms in total. The van der Waals surface area contributed by atoms with Crippen LogP contribution in [0.2, 0.25) is 5.02 Å². The monoisotopic (exact) mass is 568 g/mol. The third kappa shape index (κ3) is 10.2. The van der Waals surface area contributed by atoms with Crippen LogP contribution < -0.4 is 34.7 Å². The predicted octanol–water partition coefficient (Wildman–Crippen LogP) is 4.04. The number of halogens is 1. The van der Waals surface area contributed by atoms with E-state index in [-0.39, 0.29) is 46.6 Å². The molecule has 39 heavy (non-hydrogen) atoms. The normalized spacial score (nSPS) is 12.2. The number of carboxylic acid groups (broad SMARTS) is 1. The number of nitrogens with zero attached hydrogens (tertiary/aromatic N) is 2. The zero-order valence-corrected chi connectivity index (χ0v) is 26.6. The SMILES string of the molecule is CC(C)(CC[C@H](SCCc1ccccn1)c1cccc(CCc2ccc3ccc(Cl)cc3n2)c1)CC(=O)[O-].[Na+]. The number of carboxylic acids is 1. The molecule has 2 heterocycles. The van der Waals surface area contributed by atoms with Crippen LogP contribution in [0, 0.1) is 5.41 Å². The second kappa shape index (κ2) is 15.2. The van der Waals surface area contributed by atoms with Crippen molar-refractivity contribution < 1.29 is 39.5 Å². The average Bonchev–Trinajstić information content (AvgIpc) is 2.89. The van der Waals surface area contributed by atoms with Crippen molar-refractivity contribution in [2.24, 2.45) is 5.41 Å². The van der Waals surface area contributed by atoms with Gasteiger partial charge in [-0.2, -0.15) is 11.8 Å². The molecule has 0 fully saturated rings. The number of rotatable bonds is 13. The minimum Gasteiger partial charge on any atom is -0.550 e. The number of hydrogen-bond donors (Lipinski definition) is 0. The van der Waals surface area contributed by atoms with E-state index in [2.05, 4.69) is 47.4 Å². The summed E-state index contributed by atoms with van der Waals surface area (Å²) in [6.45, 7) is 4.02. The zero-order valence-electron chi connectivity index (χ0n) is 23.0. The van der Waals surface area contributed by atoms with Crippen molar-refractivity contribution in [2.45, 2.75) is 57.6 Å². The van der Waals surface area contributed by atoms with E-state index in [0.29, 0.717) is 5.02 Å². The molecular formula is C32H34ClN2NaO2S. The molecule has 0 aliphatic rings. The zero-order chi connectivity index (χ0) is 27.0. The average molecular weight is 569 g/mol. The van der Waals surface area contributed by atoms with Crippen molar-refractivity contribution >= 4 is 40.2 Å². The Hall–Kier alpha value is -1.89. The molecule has 2 aromatic carbocycles. The second-order valence-corrected chi connectivity index (χ2v) is 12.3.